The summed E-state index contributed by atoms with van der Waals surface area (Å²) in [7, 11) is 0. The van der Waals surface area contributed by atoms with E-state index in [4.69, 9.17) is 5.11 Å². The normalized spacial score (nSPS) is 22.9. The molecule has 14 heavy (non-hydrogen) atoms. The summed E-state index contributed by atoms with van der Waals surface area (Å²) < 4.78 is 0. The fourth-order valence-electron chi connectivity index (χ4n) is 2.16. The van der Waals surface area contributed by atoms with Crippen molar-refractivity contribution in [1.29, 1.82) is 0 Å². The van der Waals surface area contributed by atoms with Crippen LogP contribution in [-0.4, -0.2) is 35.7 Å². The molecule has 1 heterocycles. The van der Waals surface area contributed by atoms with E-state index in [9.17, 15) is 0 Å². The number of hydrogen-bond donors (Lipinski definition) is 1. The van der Waals surface area contributed by atoms with E-state index in [1.807, 2.05) is 0 Å². The Balaban J connectivity index is 2.31. The highest BCUT2D eigenvalue weighted by Gasteiger charge is 2.23. The Labute approximate surface area is 87.6 Å². The summed E-state index contributed by atoms with van der Waals surface area (Å²) in [5.41, 5.74) is 1.33. The number of nitrogens with zero attached hydrogens (tertiary/aromatic N) is 1. The lowest BCUT2D eigenvalue weighted by atomic mass is 10.1. The number of likely N-dealkylation sites (tertiary alicyclic amines) is 1. The Kier molecular flexibility index (Phi) is 5.20. The molecule has 0 saturated carbocycles. The molecular formula is C12H23NO. The summed E-state index contributed by atoms with van der Waals surface area (Å²) in [5, 5.41) is 8.80. The highest BCUT2D eigenvalue weighted by atomic mass is 16.2. The fourth-order valence-corrected chi connectivity index (χ4v) is 2.16. The SMILES string of the molecule is C=C(CC)CN1CCCC1CCCO. The van der Waals surface area contributed by atoms with Crippen LogP contribution in [-0.2, 0) is 0 Å². The van der Waals surface area contributed by atoms with Crippen LogP contribution in [0.5, 0.6) is 0 Å². The molecule has 0 radical (unpaired) electrons. The highest BCUT2D eigenvalue weighted by Crippen LogP contribution is 2.22. The van der Waals surface area contributed by atoms with Crippen LogP contribution in [0.4, 0.5) is 0 Å². The first-order valence-corrected chi connectivity index (χ1v) is 5.79. The Hall–Kier alpha value is -0.340. The van der Waals surface area contributed by atoms with Crippen LogP contribution in [0.1, 0.15) is 39.0 Å². The van der Waals surface area contributed by atoms with Crippen molar-refractivity contribution in [2.45, 2.75) is 45.1 Å². The van der Waals surface area contributed by atoms with Gasteiger partial charge in [-0.25, -0.2) is 0 Å². The van der Waals surface area contributed by atoms with E-state index in [1.54, 1.807) is 0 Å². The largest absolute Gasteiger partial charge is 0.396 e. The van der Waals surface area contributed by atoms with Crippen molar-refractivity contribution in [3.8, 4) is 0 Å². The number of aliphatic hydroxyl groups is 1. The van der Waals surface area contributed by atoms with Crippen molar-refractivity contribution >= 4 is 0 Å². The first kappa shape index (κ1) is 11.7. The molecule has 82 valence electrons. The van der Waals surface area contributed by atoms with Crippen molar-refractivity contribution in [2.75, 3.05) is 19.7 Å². The molecule has 0 bridgehead atoms. The first-order valence-electron chi connectivity index (χ1n) is 5.79. The monoisotopic (exact) mass is 197 g/mol. The maximum atomic E-state index is 8.80. The Morgan fingerprint density at radius 1 is 1.57 bits per heavy atom. The zero-order valence-electron chi connectivity index (χ0n) is 9.34. The van der Waals surface area contributed by atoms with Crippen LogP contribution in [0, 0.1) is 0 Å². The van der Waals surface area contributed by atoms with Crippen molar-refractivity contribution in [3.05, 3.63) is 12.2 Å². The molecule has 1 aliphatic rings. The molecule has 1 fully saturated rings. The molecule has 1 N–H and O–H groups in total. The Morgan fingerprint density at radius 3 is 3.00 bits per heavy atom. The molecule has 1 rings (SSSR count). The second kappa shape index (κ2) is 6.20. The highest BCUT2D eigenvalue weighted by molar-refractivity contribution is 4.98. The first-order chi connectivity index (χ1) is 6.77. The Morgan fingerprint density at radius 2 is 2.36 bits per heavy atom. The molecule has 0 spiro atoms. The molecule has 0 aliphatic carbocycles. The van der Waals surface area contributed by atoms with Gasteiger partial charge in [0.2, 0.25) is 0 Å². The zero-order valence-corrected chi connectivity index (χ0v) is 9.34. The summed E-state index contributed by atoms with van der Waals surface area (Å²) in [4.78, 5) is 2.53. The minimum Gasteiger partial charge on any atom is -0.396 e. The van der Waals surface area contributed by atoms with Crippen LogP contribution in [0.2, 0.25) is 0 Å². The predicted octanol–water partition coefficient (Wildman–Crippen LogP) is 2.19. The van der Waals surface area contributed by atoms with Gasteiger partial charge >= 0.3 is 0 Å². The van der Waals surface area contributed by atoms with Gasteiger partial charge < -0.3 is 5.11 Å². The molecule has 0 aromatic heterocycles. The molecule has 0 aromatic carbocycles. The second-order valence-corrected chi connectivity index (χ2v) is 4.24. The third-order valence-corrected chi connectivity index (χ3v) is 3.12. The Bertz CT molecular complexity index is 179. The summed E-state index contributed by atoms with van der Waals surface area (Å²) in [5.74, 6) is 0. The van der Waals surface area contributed by atoms with Crippen LogP contribution in [0.15, 0.2) is 12.2 Å². The molecular weight excluding hydrogens is 174 g/mol. The minimum absolute atomic E-state index is 0.332. The molecule has 0 amide bonds. The molecule has 1 aliphatic heterocycles. The van der Waals surface area contributed by atoms with Gasteiger partial charge in [0, 0.05) is 19.2 Å². The van der Waals surface area contributed by atoms with Gasteiger partial charge in [-0.3, -0.25) is 4.90 Å². The van der Waals surface area contributed by atoms with Gasteiger partial charge in [0.05, 0.1) is 0 Å². The second-order valence-electron chi connectivity index (χ2n) is 4.24. The molecule has 2 heteroatoms. The third kappa shape index (κ3) is 3.43. The van der Waals surface area contributed by atoms with Gasteiger partial charge in [-0.2, -0.15) is 0 Å². The standard InChI is InChI=1S/C12H23NO/c1-3-11(2)10-13-8-4-6-12(13)7-5-9-14/h12,14H,2-10H2,1H3. The minimum atomic E-state index is 0.332. The molecule has 0 aromatic rings. The van der Waals surface area contributed by atoms with Crippen LogP contribution < -0.4 is 0 Å². The van der Waals surface area contributed by atoms with Gasteiger partial charge in [-0.15, -0.1) is 0 Å². The average Bonchev–Trinajstić information content (AvgIpc) is 2.62. The molecule has 1 unspecified atom stereocenters. The van der Waals surface area contributed by atoms with Crippen LogP contribution in [0.25, 0.3) is 0 Å². The number of aliphatic hydroxyl groups excluding tert-OH is 1. The van der Waals surface area contributed by atoms with Crippen molar-refractivity contribution in [3.63, 3.8) is 0 Å². The predicted molar refractivity (Wildman–Crippen MR) is 60.3 cm³/mol. The summed E-state index contributed by atoms with van der Waals surface area (Å²) in [6.45, 7) is 8.84. The quantitative estimate of drug-likeness (QED) is 0.660. The number of rotatable bonds is 6. The van der Waals surface area contributed by atoms with E-state index in [-0.39, 0.29) is 0 Å². The van der Waals surface area contributed by atoms with Crippen molar-refractivity contribution in [2.24, 2.45) is 0 Å². The van der Waals surface area contributed by atoms with Crippen molar-refractivity contribution in [1.82, 2.24) is 4.90 Å². The van der Waals surface area contributed by atoms with Gasteiger partial charge in [-0.05, 0) is 38.6 Å². The molecule has 2 nitrogen and oxygen atoms in total. The van der Waals surface area contributed by atoms with Gasteiger partial charge in [-0.1, -0.05) is 19.1 Å². The summed E-state index contributed by atoms with van der Waals surface area (Å²) in [6.07, 6.45) is 5.79. The molecule has 1 atom stereocenters. The number of hydrogen-bond acceptors (Lipinski definition) is 2. The topological polar surface area (TPSA) is 23.5 Å². The molecule has 1 saturated heterocycles. The fraction of sp³-hybridized carbons (Fsp3) is 0.833. The maximum Gasteiger partial charge on any atom is 0.0431 e. The van der Waals surface area contributed by atoms with Crippen molar-refractivity contribution < 1.29 is 5.11 Å². The van der Waals surface area contributed by atoms with Crippen LogP contribution in [0.3, 0.4) is 0 Å². The lowest BCUT2D eigenvalue weighted by Gasteiger charge is -2.24. The van der Waals surface area contributed by atoms with E-state index < -0.39 is 0 Å². The van der Waals surface area contributed by atoms with Gasteiger partial charge in [0.1, 0.15) is 0 Å². The van der Waals surface area contributed by atoms with E-state index in [1.165, 1.54) is 25.0 Å². The van der Waals surface area contributed by atoms with E-state index in [0.29, 0.717) is 12.6 Å². The third-order valence-electron chi connectivity index (χ3n) is 3.12. The lowest BCUT2D eigenvalue weighted by Crippen LogP contribution is -2.31. The van der Waals surface area contributed by atoms with E-state index >= 15 is 0 Å². The maximum absolute atomic E-state index is 8.80. The summed E-state index contributed by atoms with van der Waals surface area (Å²) in [6, 6.07) is 0.699. The lowest BCUT2D eigenvalue weighted by molar-refractivity contribution is 0.227. The van der Waals surface area contributed by atoms with E-state index in [0.717, 1.165) is 25.8 Å². The van der Waals surface area contributed by atoms with Crippen LogP contribution >= 0.6 is 0 Å². The smallest absolute Gasteiger partial charge is 0.0431 e. The summed E-state index contributed by atoms with van der Waals surface area (Å²) >= 11 is 0. The zero-order chi connectivity index (χ0) is 10.4. The van der Waals surface area contributed by atoms with Gasteiger partial charge in [0.15, 0.2) is 0 Å². The van der Waals surface area contributed by atoms with E-state index in [2.05, 4.69) is 18.4 Å². The average molecular weight is 197 g/mol. The van der Waals surface area contributed by atoms with Gasteiger partial charge in [0.25, 0.3) is 0 Å².